The van der Waals surface area contributed by atoms with Crippen molar-refractivity contribution in [2.45, 2.75) is 50.1 Å². The van der Waals surface area contributed by atoms with Crippen molar-refractivity contribution in [3.8, 4) is 0 Å². The Morgan fingerprint density at radius 3 is 1.96 bits per heavy atom. The predicted molar refractivity (Wildman–Crippen MR) is 88.3 cm³/mol. The molecule has 2 atom stereocenters. The Bertz CT molecular complexity index is 639. The summed E-state index contributed by atoms with van der Waals surface area (Å²) in [4.78, 5) is 14.1. The second-order valence-electron chi connectivity index (χ2n) is 6.81. The Hall–Kier alpha value is -1.97. The molecule has 152 valence electrons. The van der Waals surface area contributed by atoms with Crippen molar-refractivity contribution in [3.05, 3.63) is 29.3 Å². The van der Waals surface area contributed by atoms with Gasteiger partial charge in [-0.05, 0) is 45.1 Å². The molecule has 27 heavy (non-hydrogen) atoms. The number of hydrogen-bond acceptors (Lipinski definition) is 2. The summed E-state index contributed by atoms with van der Waals surface area (Å²) in [6.45, 7) is 0. The van der Waals surface area contributed by atoms with Crippen molar-refractivity contribution in [1.29, 1.82) is 0 Å². The molecule has 2 unspecified atom stereocenters. The lowest BCUT2D eigenvalue weighted by Crippen LogP contribution is -2.52. The number of nitrogens with zero attached hydrogens (tertiary/aromatic N) is 1. The molecule has 0 radical (unpaired) electrons. The number of anilines is 1. The number of rotatable bonds is 3. The summed E-state index contributed by atoms with van der Waals surface area (Å²) in [6.07, 6.45) is -6.52. The van der Waals surface area contributed by atoms with Gasteiger partial charge in [-0.15, -0.1) is 0 Å². The van der Waals surface area contributed by atoms with Crippen molar-refractivity contribution in [1.82, 2.24) is 10.2 Å². The zero-order valence-corrected chi connectivity index (χ0v) is 14.8. The smallest absolute Gasteiger partial charge is 0.334 e. The van der Waals surface area contributed by atoms with E-state index in [2.05, 4.69) is 10.6 Å². The van der Waals surface area contributed by atoms with Gasteiger partial charge in [-0.2, -0.15) is 26.3 Å². The fourth-order valence-corrected chi connectivity index (χ4v) is 3.26. The Morgan fingerprint density at radius 1 is 0.963 bits per heavy atom. The van der Waals surface area contributed by atoms with Gasteiger partial charge in [-0.1, -0.05) is 12.8 Å². The maximum Gasteiger partial charge on any atom is 0.416 e. The molecular formula is C17H21F6N3O. The molecule has 10 heteroatoms. The highest BCUT2D eigenvalue weighted by Gasteiger charge is 2.37. The first-order chi connectivity index (χ1) is 12.4. The van der Waals surface area contributed by atoms with Crippen molar-refractivity contribution in [2.75, 3.05) is 19.4 Å². The monoisotopic (exact) mass is 397 g/mol. The Kier molecular flexibility index (Phi) is 6.28. The van der Waals surface area contributed by atoms with Crippen LogP contribution < -0.4 is 10.6 Å². The molecule has 1 saturated carbocycles. The quantitative estimate of drug-likeness (QED) is 0.725. The second-order valence-corrected chi connectivity index (χ2v) is 6.81. The zero-order chi connectivity index (χ0) is 20.4. The Balaban J connectivity index is 2.19. The van der Waals surface area contributed by atoms with Gasteiger partial charge in [-0.3, -0.25) is 0 Å². The molecule has 2 rings (SSSR count). The molecule has 1 aromatic carbocycles. The summed E-state index contributed by atoms with van der Waals surface area (Å²) >= 11 is 0. The van der Waals surface area contributed by atoms with Crippen LogP contribution in [0.2, 0.25) is 0 Å². The van der Waals surface area contributed by atoms with E-state index in [1.807, 2.05) is 19.0 Å². The van der Waals surface area contributed by atoms with Gasteiger partial charge in [0.2, 0.25) is 0 Å². The van der Waals surface area contributed by atoms with E-state index in [1.54, 1.807) is 0 Å². The van der Waals surface area contributed by atoms with E-state index in [4.69, 9.17) is 0 Å². The minimum Gasteiger partial charge on any atom is -0.334 e. The van der Waals surface area contributed by atoms with Gasteiger partial charge in [0.05, 0.1) is 11.1 Å². The number of benzene rings is 1. The molecular weight excluding hydrogens is 376 g/mol. The van der Waals surface area contributed by atoms with Crippen molar-refractivity contribution in [2.24, 2.45) is 0 Å². The average molecular weight is 397 g/mol. The molecule has 4 nitrogen and oxygen atoms in total. The number of halogens is 6. The van der Waals surface area contributed by atoms with Gasteiger partial charge < -0.3 is 15.5 Å². The first kappa shape index (κ1) is 21.3. The third kappa shape index (κ3) is 5.75. The molecule has 2 N–H and O–H groups in total. The molecule has 1 aliphatic carbocycles. The van der Waals surface area contributed by atoms with Gasteiger partial charge in [0.1, 0.15) is 0 Å². The summed E-state index contributed by atoms with van der Waals surface area (Å²) < 4.78 is 77.3. The number of urea groups is 1. The largest absolute Gasteiger partial charge is 0.416 e. The van der Waals surface area contributed by atoms with Gasteiger partial charge >= 0.3 is 18.4 Å². The van der Waals surface area contributed by atoms with E-state index in [-0.39, 0.29) is 18.2 Å². The van der Waals surface area contributed by atoms with E-state index < -0.39 is 35.2 Å². The Morgan fingerprint density at radius 2 is 1.48 bits per heavy atom. The van der Waals surface area contributed by atoms with Crippen LogP contribution in [0.15, 0.2) is 18.2 Å². The fourth-order valence-electron chi connectivity index (χ4n) is 3.26. The number of amides is 2. The molecule has 0 aromatic heterocycles. The summed E-state index contributed by atoms with van der Waals surface area (Å²) in [5, 5.41) is 4.77. The molecule has 1 fully saturated rings. The summed E-state index contributed by atoms with van der Waals surface area (Å²) in [5.74, 6) is 0. The number of carbonyl (C=O) groups is 1. The average Bonchev–Trinajstić information content (AvgIpc) is 2.53. The minimum absolute atomic E-state index is 0.0201. The predicted octanol–water partition coefficient (Wildman–Crippen LogP) is 4.72. The van der Waals surface area contributed by atoms with E-state index >= 15 is 0 Å². The van der Waals surface area contributed by atoms with Crippen LogP contribution in [0, 0.1) is 0 Å². The number of likely N-dealkylation sites (N-methyl/N-ethyl adjacent to an activating group) is 1. The zero-order valence-electron chi connectivity index (χ0n) is 14.8. The number of carbonyl (C=O) groups excluding carboxylic acids is 1. The first-order valence-electron chi connectivity index (χ1n) is 8.41. The van der Waals surface area contributed by atoms with E-state index in [0.717, 1.165) is 19.3 Å². The van der Waals surface area contributed by atoms with Gasteiger partial charge in [0.15, 0.2) is 0 Å². The fraction of sp³-hybridized carbons (Fsp3) is 0.588. The number of nitrogens with one attached hydrogen (secondary N) is 2. The lowest BCUT2D eigenvalue weighted by molar-refractivity contribution is -0.143. The summed E-state index contributed by atoms with van der Waals surface area (Å²) in [6, 6.07) is -0.0237. The summed E-state index contributed by atoms with van der Waals surface area (Å²) in [7, 11) is 3.70. The van der Waals surface area contributed by atoms with Crippen LogP contribution in [0.4, 0.5) is 36.8 Å². The van der Waals surface area contributed by atoms with Crippen LogP contribution in [0.5, 0.6) is 0 Å². The van der Waals surface area contributed by atoms with Crippen molar-refractivity contribution in [3.63, 3.8) is 0 Å². The molecule has 0 saturated heterocycles. The number of hydrogen-bond donors (Lipinski definition) is 2. The highest BCUT2D eigenvalue weighted by molar-refractivity contribution is 5.89. The lowest BCUT2D eigenvalue weighted by atomic mass is 9.89. The van der Waals surface area contributed by atoms with Gasteiger partial charge in [0, 0.05) is 17.8 Å². The Labute approximate surface area is 152 Å². The normalized spacial score (nSPS) is 21.2. The highest BCUT2D eigenvalue weighted by Crippen LogP contribution is 2.37. The standard InChI is InChI=1S/C17H21F6N3O/c1-26(2)14-6-4-3-5-13(14)25-15(27)24-12-8-10(16(18,19)20)7-11(9-12)17(21,22)23/h7-9,13-14H,3-6H2,1-2H3,(H2,24,25,27). The molecule has 1 aromatic rings. The van der Waals surface area contributed by atoms with Crippen LogP contribution in [-0.4, -0.2) is 37.1 Å². The number of alkyl halides is 6. The molecule has 0 spiro atoms. The van der Waals surface area contributed by atoms with E-state index in [9.17, 15) is 31.1 Å². The molecule has 2 amide bonds. The van der Waals surface area contributed by atoms with Crippen LogP contribution >= 0.6 is 0 Å². The molecule has 0 bridgehead atoms. The maximum absolute atomic E-state index is 12.9. The van der Waals surface area contributed by atoms with Crippen LogP contribution in [0.3, 0.4) is 0 Å². The third-order valence-corrected chi connectivity index (χ3v) is 4.55. The molecule has 0 aliphatic heterocycles. The summed E-state index contributed by atoms with van der Waals surface area (Å²) in [5.41, 5.74) is -3.51. The van der Waals surface area contributed by atoms with Crippen molar-refractivity contribution < 1.29 is 31.1 Å². The van der Waals surface area contributed by atoms with E-state index in [1.165, 1.54) is 0 Å². The van der Waals surface area contributed by atoms with Crippen molar-refractivity contribution >= 4 is 11.7 Å². The third-order valence-electron chi connectivity index (χ3n) is 4.55. The lowest BCUT2D eigenvalue weighted by Gasteiger charge is -2.36. The van der Waals surface area contributed by atoms with Crippen LogP contribution in [-0.2, 0) is 12.4 Å². The first-order valence-corrected chi connectivity index (χ1v) is 8.41. The SMILES string of the molecule is CN(C)C1CCCCC1NC(=O)Nc1cc(C(F)(F)F)cc(C(F)(F)F)c1. The van der Waals surface area contributed by atoms with Gasteiger partial charge in [-0.25, -0.2) is 4.79 Å². The van der Waals surface area contributed by atoms with Crippen LogP contribution in [0.25, 0.3) is 0 Å². The highest BCUT2D eigenvalue weighted by atomic mass is 19.4. The second kappa shape index (κ2) is 7.95. The van der Waals surface area contributed by atoms with E-state index in [0.29, 0.717) is 18.6 Å². The topological polar surface area (TPSA) is 44.4 Å². The van der Waals surface area contributed by atoms with Crippen LogP contribution in [0.1, 0.15) is 36.8 Å². The maximum atomic E-state index is 12.9. The molecule has 0 heterocycles. The molecule has 1 aliphatic rings. The minimum atomic E-state index is -4.96. The van der Waals surface area contributed by atoms with Gasteiger partial charge in [0.25, 0.3) is 0 Å².